The molecule has 0 amide bonds. The molecule has 2 aromatic rings. The highest BCUT2D eigenvalue weighted by molar-refractivity contribution is 7.93. The van der Waals surface area contributed by atoms with Crippen LogP contribution < -0.4 is 10.0 Å². The van der Waals surface area contributed by atoms with Crippen LogP contribution in [0, 0.1) is 5.82 Å². The second kappa shape index (κ2) is 4.85. The zero-order valence-electron chi connectivity index (χ0n) is 10.1. The predicted octanol–water partition coefficient (Wildman–Crippen LogP) is 1.63. The van der Waals surface area contributed by atoms with Gasteiger partial charge in [0.15, 0.2) is 0 Å². The van der Waals surface area contributed by atoms with Gasteiger partial charge in [-0.1, -0.05) is 0 Å². The summed E-state index contributed by atoms with van der Waals surface area (Å²) < 4.78 is 38.9. The van der Waals surface area contributed by atoms with Gasteiger partial charge in [-0.05, 0) is 30.3 Å². The van der Waals surface area contributed by atoms with E-state index in [1.54, 1.807) is 12.1 Å². The predicted molar refractivity (Wildman–Crippen MR) is 70.6 cm³/mol. The Morgan fingerprint density at radius 2 is 2.05 bits per heavy atom. The SMILES string of the molecule is CN(c1cccnc1)S(=O)(=O)c1cc(F)ccc1N. The second-order valence-electron chi connectivity index (χ2n) is 3.87. The summed E-state index contributed by atoms with van der Waals surface area (Å²) in [6.45, 7) is 0. The molecule has 1 aromatic carbocycles. The van der Waals surface area contributed by atoms with E-state index < -0.39 is 15.8 Å². The molecule has 0 radical (unpaired) electrons. The van der Waals surface area contributed by atoms with Gasteiger partial charge in [0.05, 0.1) is 17.6 Å². The number of benzene rings is 1. The second-order valence-corrected chi connectivity index (χ2v) is 5.80. The van der Waals surface area contributed by atoms with Crippen LogP contribution in [0.25, 0.3) is 0 Å². The minimum Gasteiger partial charge on any atom is -0.398 e. The van der Waals surface area contributed by atoms with Crippen molar-refractivity contribution >= 4 is 21.4 Å². The first-order chi connectivity index (χ1) is 8.93. The van der Waals surface area contributed by atoms with Crippen molar-refractivity contribution in [3.8, 4) is 0 Å². The van der Waals surface area contributed by atoms with Crippen LogP contribution in [0.15, 0.2) is 47.6 Å². The van der Waals surface area contributed by atoms with Gasteiger partial charge >= 0.3 is 0 Å². The molecule has 0 aliphatic rings. The van der Waals surface area contributed by atoms with Crippen LogP contribution in [0.3, 0.4) is 0 Å². The van der Waals surface area contributed by atoms with E-state index in [9.17, 15) is 12.8 Å². The lowest BCUT2D eigenvalue weighted by Crippen LogP contribution is -2.27. The summed E-state index contributed by atoms with van der Waals surface area (Å²) in [6.07, 6.45) is 2.92. The zero-order chi connectivity index (χ0) is 14.0. The lowest BCUT2D eigenvalue weighted by atomic mass is 10.3. The Labute approximate surface area is 110 Å². The highest BCUT2D eigenvalue weighted by Crippen LogP contribution is 2.25. The largest absolute Gasteiger partial charge is 0.398 e. The summed E-state index contributed by atoms with van der Waals surface area (Å²) in [5, 5.41) is 0. The van der Waals surface area contributed by atoms with Crippen molar-refractivity contribution in [2.45, 2.75) is 4.90 Å². The van der Waals surface area contributed by atoms with Crippen LogP contribution >= 0.6 is 0 Å². The minimum atomic E-state index is -3.92. The normalized spacial score (nSPS) is 11.3. The van der Waals surface area contributed by atoms with Crippen molar-refractivity contribution in [3.63, 3.8) is 0 Å². The molecule has 0 unspecified atom stereocenters. The molecule has 0 saturated carbocycles. The highest BCUT2D eigenvalue weighted by atomic mass is 32.2. The number of pyridine rings is 1. The molecule has 0 aliphatic heterocycles. The van der Waals surface area contributed by atoms with Crippen LogP contribution in [-0.4, -0.2) is 20.4 Å². The number of nitrogens with zero attached hydrogens (tertiary/aromatic N) is 2. The number of hydrogen-bond acceptors (Lipinski definition) is 4. The Kier molecular flexibility index (Phi) is 3.39. The zero-order valence-corrected chi connectivity index (χ0v) is 10.9. The van der Waals surface area contributed by atoms with E-state index in [4.69, 9.17) is 5.73 Å². The van der Waals surface area contributed by atoms with E-state index in [1.807, 2.05) is 0 Å². The molecule has 0 bridgehead atoms. The fourth-order valence-corrected chi connectivity index (χ4v) is 2.87. The van der Waals surface area contributed by atoms with E-state index in [1.165, 1.54) is 25.5 Å². The molecule has 0 atom stereocenters. The van der Waals surface area contributed by atoms with E-state index >= 15 is 0 Å². The van der Waals surface area contributed by atoms with Crippen LogP contribution in [-0.2, 0) is 10.0 Å². The minimum absolute atomic E-state index is 0.00265. The summed E-state index contributed by atoms with van der Waals surface area (Å²) in [6, 6.07) is 6.42. The number of sulfonamides is 1. The fraction of sp³-hybridized carbons (Fsp3) is 0.0833. The van der Waals surface area contributed by atoms with Gasteiger partial charge in [-0.15, -0.1) is 0 Å². The Bertz CT molecular complexity index is 689. The molecule has 2 N–H and O–H groups in total. The maximum Gasteiger partial charge on any atom is 0.266 e. The first kappa shape index (κ1) is 13.3. The third-order valence-corrected chi connectivity index (χ3v) is 4.46. The van der Waals surface area contributed by atoms with Gasteiger partial charge in [0.2, 0.25) is 0 Å². The van der Waals surface area contributed by atoms with Gasteiger partial charge in [0.25, 0.3) is 10.0 Å². The van der Waals surface area contributed by atoms with E-state index in [0.717, 1.165) is 16.4 Å². The molecule has 0 spiro atoms. The first-order valence-electron chi connectivity index (χ1n) is 5.37. The van der Waals surface area contributed by atoms with Crippen molar-refractivity contribution in [2.75, 3.05) is 17.1 Å². The molecule has 0 aliphatic carbocycles. The van der Waals surface area contributed by atoms with Crippen molar-refractivity contribution in [3.05, 3.63) is 48.5 Å². The average Bonchev–Trinajstić information content (AvgIpc) is 2.41. The number of halogens is 1. The quantitative estimate of drug-likeness (QED) is 0.867. The average molecular weight is 281 g/mol. The molecule has 1 heterocycles. The Morgan fingerprint density at radius 1 is 1.32 bits per heavy atom. The standard InChI is InChI=1S/C12H12FN3O2S/c1-16(10-3-2-6-15-8-10)19(17,18)12-7-9(13)4-5-11(12)14/h2-8H,14H2,1H3. The van der Waals surface area contributed by atoms with Gasteiger partial charge in [0.1, 0.15) is 10.7 Å². The highest BCUT2D eigenvalue weighted by Gasteiger charge is 2.24. The van der Waals surface area contributed by atoms with E-state index in [0.29, 0.717) is 5.69 Å². The van der Waals surface area contributed by atoms with Crippen molar-refractivity contribution in [1.82, 2.24) is 4.98 Å². The smallest absolute Gasteiger partial charge is 0.266 e. The molecular weight excluding hydrogens is 269 g/mol. The van der Waals surface area contributed by atoms with Crippen molar-refractivity contribution in [2.24, 2.45) is 0 Å². The topological polar surface area (TPSA) is 76.3 Å². The van der Waals surface area contributed by atoms with Gasteiger partial charge in [0, 0.05) is 13.2 Å². The summed E-state index contributed by atoms with van der Waals surface area (Å²) in [5.41, 5.74) is 5.97. The molecule has 5 nitrogen and oxygen atoms in total. The third kappa shape index (κ3) is 2.50. The number of rotatable bonds is 3. The molecule has 2 rings (SSSR count). The number of anilines is 2. The van der Waals surface area contributed by atoms with Crippen LogP contribution in [0.2, 0.25) is 0 Å². The summed E-state index contributed by atoms with van der Waals surface area (Å²) in [5.74, 6) is -0.660. The third-order valence-electron chi connectivity index (χ3n) is 2.62. The van der Waals surface area contributed by atoms with Crippen molar-refractivity contribution < 1.29 is 12.8 Å². The van der Waals surface area contributed by atoms with Gasteiger partial charge in [-0.2, -0.15) is 0 Å². The Morgan fingerprint density at radius 3 is 2.68 bits per heavy atom. The van der Waals surface area contributed by atoms with E-state index in [-0.39, 0.29) is 10.6 Å². The van der Waals surface area contributed by atoms with Crippen LogP contribution in [0.1, 0.15) is 0 Å². The fourth-order valence-electron chi connectivity index (χ4n) is 1.56. The maximum absolute atomic E-state index is 13.2. The Balaban J connectivity index is 2.51. The van der Waals surface area contributed by atoms with Crippen LogP contribution in [0.4, 0.5) is 15.8 Å². The number of aromatic nitrogens is 1. The first-order valence-corrected chi connectivity index (χ1v) is 6.81. The van der Waals surface area contributed by atoms with Gasteiger partial charge < -0.3 is 5.73 Å². The van der Waals surface area contributed by atoms with Gasteiger partial charge in [-0.3, -0.25) is 9.29 Å². The van der Waals surface area contributed by atoms with Crippen LogP contribution in [0.5, 0.6) is 0 Å². The Hall–Kier alpha value is -2.15. The summed E-state index contributed by atoms with van der Waals surface area (Å²) in [4.78, 5) is 3.58. The lowest BCUT2D eigenvalue weighted by Gasteiger charge is -2.19. The monoisotopic (exact) mass is 281 g/mol. The molecule has 100 valence electrons. The summed E-state index contributed by atoms with van der Waals surface area (Å²) >= 11 is 0. The number of hydrogen-bond donors (Lipinski definition) is 1. The molecule has 0 fully saturated rings. The molecule has 19 heavy (non-hydrogen) atoms. The molecule has 7 heteroatoms. The van der Waals surface area contributed by atoms with Crippen molar-refractivity contribution in [1.29, 1.82) is 0 Å². The molecule has 1 aromatic heterocycles. The molecular formula is C12H12FN3O2S. The number of nitrogens with two attached hydrogens (primary N) is 1. The molecule has 0 saturated heterocycles. The number of nitrogen functional groups attached to an aromatic ring is 1. The summed E-state index contributed by atoms with van der Waals surface area (Å²) in [7, 11) is -2.56. The maximum atomic E-state index is 13.2. The van der Waals surface area contributed by atoms with Gasteiger partial charge in [-0.25, -0.2) is 12.8 Å². The van der Waals surface area contributed by atoms with E-state index in [2.05, 4.69) is 4.98 Å². The lowest BCUT2D eigenvalue weighted by molar-refractivity contribution is 0.590.